The first-order chi connectivity index (χ1) is 10.8. The molecular weight excluding hydrogens is 398 g/mol. The van der Waals surface area contributed by atoms with E-state index in [4.69, 9.17) is 12.2 Å². The largest absolute Gasteiger partial charge is 0.344 e. The third-order valence-electron chi connectivity index (χ3n) is 3.77. The second-order valence-corrected chi connectivity index (χ2v) is 9.53. The second kappa shape index (κ2) is 7.92. The van der Waals surface area contributed by atoms with Crippen LogP contribution in [0.25, 0.3) is 0 Å². The van der Waals surface area contributed by atoms with Gasteiger partial charge < -0.3 is 15.1 Å². The summed E-state index contributed by atoms with van der Waals surface area (Å²) < 4.78 is 24.6. The Balaban J connectivity index is 2.10. The molecule has 1 atom stereocenters. The van der Waals surface area contributed by atoms with Crippen molar-refractivity contribution in [2.24, 2.45) is 0 Å². The number of halogens is 1. The van der Waals surface area contributed by atoms with E-state index in [1.807, 2.05) is 43.3 Å². The molecule has 8 heteroatoms. The molecule has 0 unspecified atom stereocenters. The van der Waals surface area contributed by atoms with Crippen molar-refractivity contribution in [1.82, 2.24) is 9.80 Å². The minimum absolute atomic E-state index is 0.0490. The van der Waals surface area contributed by atoms with Crippen molar-refractivity contribution in [2.45, 2.75) is 12.5 Å². The van der Waals surface area contributed by atoms with Crippen LogP contribution in [0.5, 0.6) is 0 Å². The highest BCUT2D eigenvalue weighted by Crippen LogP contribution is 2.20. The molecule has 1 N–H and O–H groups in total. The normalized spacial score (nSPS) is 19.7. The molecule has 1 aliphatic rings. The second-order valence-electron chi connectivity index (χ2n) is 5.99. The average molecular weight is 420 g/mol. The van der Waals surface area contributed by atoms with Crippen molar-refractivity contribution in [3.05, 3.63) is 28.7 Å². The Morgan fingerprint density at radius 3 is 2.70 bits per heavy atom. The molecule has 1 aliphatic heterocycles. The van der Waals surface area contributed by atoms with Crippen LogP contribution in [0.2, 0.25) is 0 Å². The summed E-state index contributed by atoms with van der Waals surface area (Å²) >= 11 is 8.99. The smallest absolute Gasteiger partial charge is 0.173 e. The summed E-state index contributed by atoms with van der Waals surface area (Å²) in [5, 5.41) is 3.80. The van der Waals surface area contributed by atoms with Gasteiger partial charge in [-0.1, -0.05) is 22.0 Å². The molecule has 5 nitrogen and oxygen atoms in total. The number of rotatable bonds is 5. The van der Waals surface area contributed by atoms with Gasteiger partial charge in [-0.15, -0.1) is 0 Å². The molecule has 1 fully saturated rings. The topological polar surface area (TPSA) is 52.6 Å². The molecule has 0 spiro atoms. The third-order valence-corrected chi connectivity index (χ3v) is 6.35. The molecule has 2 rings (SSSR count). The van der Waals surface area contributed by atoms with Gasteiger partial charge in [0.05, 0.1) is 11.5 Å². The number of likely N-dealkylation sites (N-methyl/N-ethyl adjacent to an activating group) is 1. The van der Waals surface area contributed by atoms with Crippen molar-refractivity contribution >= 4 is 48.8 Å². The van der Waals surface area contributed by atoms with E-state index in [9.17, 15) is 8.42 Å². The Labute approximate surface area is 152 Å². The summed E-state index contributed by atoms with van der Waals surface area (Å²) in [6.07, 6.45) is 0.635. The van der Waals surface area contributed by atoms with Gasteiger partial charge in [-0.05, 0) is 50.9 Å². The maximum atomic E-state index is 11.8. The van der Waals surface area contributed by atoms with Gasteiger partial charge in [0.15, 0.2) is 14.9 Å². The minimum atomic E-state index is -2.94. The zero-order chi connectivity index (χ0) is 17.0. The predicted molar refractivity (Wildman–Crippen MR) is 103 cm³/mol. The zero-order valence-corrected chi connectivity index (χ0v) is 16.5. The maximum Gasteiger partial charge on any atom is 0.173 e. The number of anilines is 1. The van der Waals surface area contributed by atoms with Gasteiger partial charge in [0.1, 0.15) is 0 Å². The molecule has 0 saturated carbocycles. The van der Waals surface area contributed by atoms with Gasteiger partial charge in [-0.25, -0.2) is 8.42 Å². The lowest BCUT2D eigenvalue weighted by atomic mass is 10.2. The lowest BCUT2D eigenvalue weighted by Crippen LogP contribution is -2.46. The van der Waals surface area contributed by atoms with Crippen molar-refractivity contribution in [1.29, 1.82) is 0 Å². The SMILES string of the molecule is CN(C)CCN(C(=S)Nc1cccc(Br)c1)[C@@H]1CCS(=O)(=O)C1. The number of sulfone groups is 1. The Morgan fingerprint density at radius 1 is 1.39 bits per heavy atom. The van der Waals surface area contributed by atoms with E-state index in [-0.39, 0.29) is 17.5 Å². The van der Waals surface area contributed by atoms with Crippen LogP contribution in [0, 0.1) is 0 Å². The van der Waals surface area contributed by atoms with Crippen LogP contribution in [0.1, 0.15) is 6.42 Å². The van der Waals surface area contributed by atoms with Crippen molar-refractivity contribution < 1.29 is 8.42 Å². The molecule has 23 heavy (non-hydrogen) atoms. The Morgan fingerprint density at radius 2 is 2.13 bits per heavy atom. The van der Waals surface area contributed by atoms with Gasteiger partial charge in [0.2, 0.25) is 0 Å². The van der Waals surface area contributed by atoms with Crippen LogP contribution in [0.3, 0.4) is 0 Å². The number of nitrogens with one attached hydrogen (secondary N) is 1. The molecule has 0 aliphatic carbocycles. The monoisotopic (exact) mass is 419 g/mol. The highest BCUT2D eigenvalue weighted by Gasteiger charge is 2.33. The van der Waals surface area contributed by atoms with E-state index in [1.54, 1.807) is 0 Å². The highest BCUT2D eigenvalue weighted by atomic mass is 79.9. The first-order valence-corrected chi connectivity index (χ1v) is 10.5. The fourth-order valence-electron chi connectivity index (χ4n) is 2.54. The number of hydrogen-bond donors (Lipinski definition) is 1. The summed E-state index contributed by atoms with van der Waals surface area (Å²) in [6, 6.07) is 7.71. The fourth-order valence-corrected chi connectivity index (χ4v) is 5.03. The molecule has 1 aromatic carbocycles. The average Bonchev–Trinajstić information content (AvgIpc) is 2.78. The van der Waals surface area contributed by atoms with E-state index in [0.29, 0.717) is 18.1 Å². The van der Waals surface area contributed by atoms with Crippen LogP contribution in [-0.2, 0) is 9.84 Å². The Hall–Kier alpha value is -0.700. The molecule has 0 radical (unpaired) electrons. The number of nitrogens with zero attached hydrogens (tertiary/aromatic N) is 2. The lowest BCUT2D eigenvalue weighted by Gasteiger charge is -2.32. The van der Waals surface area contributed by atoms with Crippen LogP contribution in [-0.4, -0.2) is 68.1 Å². The van der Waals surface area contributed by atoms with Gasteiger partial charge in [-0.3, -0.25) is 0 Å². The number of thiocarbonyl (C=S) groups is 1. The Kier molecular flexibility index (Phi) is 6.41. The van der Waals surface area contributed by atoms with E-state index in [2.05, 4.69) is 26.1 Å². The minimum Gasteiger partial charge on any atom is -0.344 e. The molecule has 0 amide bonds. The summed E-state index contributed by atoms with van der Waals surface area (Å²) in [5.74, 6) is 0.427. The quantitative estimate of drug-likeness (QED) is 0.738. The first-order valence-electron chi connectivity index (χ1n) is 7.45. The summed E-state index contributed by atoms with van der Waals surface area (Å²) in [4.78, 5) is 4.08. The fraction of sp³-hybridized carbons (Fsp3) is 0.533. The summed E-state index contributed by atoms with van der Waals surface area (Å²) in [5.41, 5.74) is 0.889. The molecule has 1 aromatic rings. The molecule has 0 aromatic heterocycles. The summed E-state index contributed by atoms with van der Waals surface area (Å²) in [7, 11) is 1.05. The van der Waals surface area contributed by atoms with E-state index < -0.39 is 9.84 Å². The standard InChI is InChI=1S/C15H22BrN3O2S2/c1-18(2)7-8-19(14-6-9-23(20,21)11-14)15(22)17-13-5-3-4-12(16)10-13/h3-5,10,14H,6-9,11H2,1-2H3,(H,17,22)/t14-/m1/s1. The molecule has 1 saturated heterocycles. The number of hydrogen-bond acceptors (Lipinski definition) is 4. The van der Waals surface area contributed by atoms with Crippen LogP contribution in [0.15, 0.2) is 28.7 Å². The highest BCUT2D eigenvalue weighted by molar-refractivity contribution is 9.10. The Bertz CT molecular complexity index is 664. The maximum absolute atomic E-state index is 11.8. The van der Waals surface area contributed by atoms with E-state index >= 15 is 0 Å². The predicted octanol–water partition coefficient (Wildman–Crippen LogP) is 2.20. The van der Waals surface area contributed by atoms with Gasteiger partial charge in [0.25, 0.3) is 0 Å². The first kappa shape index (κ1) is 18.6. The third kappa shape index (κ3) is 5.70. The zero-order valence-electron chi connectivity index (χ0n) is 13.3. The van der Waals surface area contributed by atoms with Gasteiger partial charge in [-0.2, -0.15) is 0 Å². The van der Waals surface area contributed by atoms with E-state index in [1.165, 1.54) is 0 Å². The number of benzene rings is 1. The van der Waals surface area contributed by atoms with Crippen LogP contribution >= 0.6 is 28.1 Å². The molecule has 128 valence electrons. The van der Waals surface area contributed by atoms with Gasteiger partial charge >= 0.3 is 0 Å². The molecule has 1 heterocycles. The van der Waals surface area contributed by atoms with Crippen molar-refractivity contribution in [3.63, 3.8) is 0 Å². The van der Waals surface area contributed by atoms with Crippen molar-refractivity contribution in [2.75, 3.05) is 44.0 Å². The van der Waals surface area contributed by atoms with Crippen LogP contribution < -0.4 is 5.32 Å². The van der Waals surface area contributed by atoms with Gasteiger partial charge in [0, 0.05) is 29.3 Å². The molecule has 0 bridgehead atoms. The lowest BCUT2D eigenvalue weighted by molar-refractivity contribution is 0.289. The molecular formula is C15H22BrN3O2S2. The van der Waals surface area contributed by atoms with Crippen LogP contribution in [0.4, 0.5) is 5.69 Å². The van der Waals surface area contributed by atoms with E-state index in [0.717, 1.165) is 16.7 Å². The summed E-state index contributed by atoms with van der Waals surface area (Å²) in [6.45, 7) is 1.52. The van der Waals surface area contributed by atoms with Crippen molar-refractivity contribution in [3.8, 4) is 0 Å².